The summed E-state index contributed by atoms with van der Waals surface area (Å²) in [5, 5.41) is 4.63. The lowest BCUT2D eigenvalue weighted by Gasteiger charge is -2.15. The maximum Gasteiger partial charge on any atom is 0.143 e. The highest BCUT2D eigenvalue weighted by Crippen LogP contribution is 2.43. The summed E-state index contributed by atoms with van der Waals surface area (Å²) in [5.74, 6) is 0.887. The fraction of sp³-hybridized carbons (Fsp3) is 0. The molecule has 0 fully saturated rings. The van der Waals surface area contributed by atoms with Gasteiger partial charge in [0.05, 0.1) is 16.7 Å². The maximum atomic E-state index is 6.53. The largest absolute Gasteiger partial charge is 0.455 e. The lowest BCUT2D eigenvalue weighted by atomic mass is 9.88. The molecule has 0 amide bonds. The van der Waals surface area contributed by atoms with E-state index >= 15 is 0 Å². The average Bonchev–Trinajstić information content (AvgIpc) is 3.83. The van der Waals surface area contributed by atoms with Gasteiger partial charge in [-0.3, -0.25) is 4.57 Å². The summed E-state index contributed by atoms with van der Waals surface area (Å²) in [6.07, 6.45) is 0. The number of nitrogens with zero attached hydrogens (tertiary/aromatic N) is 2. The van der Waals surface area contributed by atoms with E-state index in [9.17, 15) is 0 Å². The molecular formula is C53H34N2O. The van der Waals surface area contributed by atoms with Crippen molar-refractivity contribution < 1.29 is 4.42 Å². The molecule has 0 bridgehead atoms. The van der Waals surface area contributed by atoms with E-state index in [0.717, 1.165) is 83.4 Å². The van der Waals surface area contributed by atoms with Crippen LogP contribution in [0.2, 0.25) is 0 Å². The highest BCUT2D eigenvalue weighted by molar-refractivity contribution is 6.12. The predicted octanol–water partition coefficient (Wildman–Crippen LogP) is 14.4. The monoisotopic (exact) mass is 714 g/mol. The molecule has 0 spiro atoms. The number of benzene rings is 8. The van der Waals surface area contributed by atoms with E-state index in [1.165, 1.54) is 21.9 Å². The van der Waals surface area contributed by atoms with Crippen LogP contribution in [0.3, 0.4) is 0 Å². The highest BCUT2D eigenvalue weighted by atomic mass is 16.3. The Labute approximate surface area is 324 Å². The molecule has 11 aromatic rings. The van der Waals surface area contributed by atoms with Crippen LogP contribution in [0.1, 0.15) is 0 Å². The summed E-state index contributed by atoms with van der Waals surface area (Å²) in [4.78, 5) is 5.34. The number of rotatable bonds is 6. The SMILES string of the molecule is c1ccc(-c2cc(-c3ccccc3)nc(-n3c4ccccc4c4cc(-c5ccccc5-c5ccccc5-c5cccc6c5oc5ccccc56)ccc43)c2)cc1. The summed E-state index contributed by atoms with van der Waals surface area (Å²) >= 11 is 0. The second kappa shape index (κ2) is 13.1. The Balaban J connectivity index is 1.09. The molecule has 0 aliphatic heterocycles. The molecule has 262 valence electrons. The fourth-order valence-electron chi connectivity index (χ4n) is 8.45. The minimum atomic E-state index is 0.887. The Morgan fingerprint density at radius 2 is 0.911 bits per heavy atom. The van der Waals surface area contributed by atoms with E-state index in [-0.39, 0.29) is 0 Å². The highest BCUT2D eigenvalue weighted by Gasteiger charge is 2.20. The number of hydrogen-bond acceptors (Lipinski definition) is 2. The normalized spacial score (nSPS) is 11.6. The van der Waals surface area contributed by atoms with Crippen LogP contribution in [-0.2, 0) is 0 Å². The smallest absolute Gasteiger partial charge is 0.143 e. The van der Waals surface area contributed by atoms with Gasteiger partial charge >= 0.3 is 0 Å². The van der Waals surface area contributed by atoms with Crippen LogP contribution in [0.25, 0.3) is 105 Å². The second-order valence-electron chi connectivity index (χ2n) is 14.3. The van der Waals surface area contributed by atoms with Gasteiger partial charge in [0, 0.05) is 32.7 Å². The summed E-state index contributed by atoms with van der Waals surface area (Å²) in [5.41, 5.74) is 15.2. The first-order valence-electron chi connectivity index (χ1n) is 19.0. The van der Waals surface area contributed by atoms with Gasteiger partial charge < -0.3 is 4.42 Å². The summed E-state index contributed by atoms with van der Waals surface area (Å²) in [7, 11) is 0. The maximum absolute atomic E-state index is 6.53. The van der Waals surface area contributed by atoms with Crippen LogP contribution in [0.5, 0.6) is 0 Å². The van der Waals surface area contributed by atoms with Gasteiger partial charge in [0.25, 0.3) is 0 Å². The zero-order valence-electron chi connectivity index (χ0n) is 30.4. The topological polar surface area (TPSA) is 31.0 Å². The third-order valence-corrected chi connectivity index (χ3v) is 11.0. The van der Waals surface area contributed by atoms with E-state index in [2.05, 4.69) is 193 Å². The van der Waals surface area contributed by atoms with Crippen LogP contribution >= 0.6 is 0 Å². The van der Waals surface area contributed by atoms with Gasteiger partial charge in [-0.25, -0.2) is 4.98 Å². The number of furan rings is 1. The van der Waals surface area contributed by atoms with Gasteiger partial charge in [-0.15, -0.1) is 0 Å². The molecule has 0 saturated heterocycles. The van der Waals surface area contributed by atoms with Crippen LogP contribution in [0.15, 0.2) is 211 Å². The molecule has 8 aromatic carbocycles. The minimum absolute atomic E-state index is 0.887. The standard InChI is InChI=1S/C53H34N2O/c1-3-16-35(17-4-1)38-33-48(36-18-5-2-6-19-36)54-52(34-38)55-49-28-13-11-24-43(49)47-32-37(30-31-50(47)55)39-20-7-8-21-40(39)41-22-9-10-23-42(41)45-26-15-27-46-44-25-12-14-29-51(44)56-53(45)46/h1-34H. The van der Waals surface area contributed by atoms with Crippen LogP contribution < -0.4 is 0 Å². The molecule has 3 nitrogen and oxygen atoms in total. The number of aromatic nitrogens is 2. The Morgan fingerprint density at radius 3 is 1.70 bits per heavy atom. The molecule has 0 N–H and O–H groups in total. The number of para-hydroxylation sites is 3. The molecule has 0 radical (unpaired) electrons. The van der Waals surface area contributed by atoms with E-state index in [0.29, 0.717) is 0 Å². The molecule has 0 saturated carbocycles. The first kappa shape index (κ1) is 32.0. The first-order valence-corrected chi connectivity index (χ1v) is 19.0. The molecule has 56 heavy (non-hydrogen) atoms. The molecular weight excluding hydrogens is 681 g/mol. The van der Waals surface area contributed by atoms with Gasteiger partial charge in [-0.1, -0.05) is 170 Å². The molecule has 0 atom stereocenters. The van der Waals surface area contributed by atoms with Crippen molar-refractivity contribution in [2.45, 2.75) is 0 Å². The fourth-order valence-corrected chi connectivity index (χ4v) is 8.45. The molecule has 3 heterocycles. The van der Waals surface area contributed by atoms with E-state index in [4.69, 9.17) is 9.40 Å². The zero-order valence-corrected chi connectivity index (χ0v) is 30.4. The summed E-state index contributed by atoms with van der Waals surface area (Å²) < 4.78 is 8.85. The van der Waals surface area contributed by atoms with Gasteiger partial charge in [-0.05, 0) is 75.3 Å². The third-order valence-electron chi connectivity index (χ3n) is 11.0. The average molecular weight is 715 g/mol. The van der Waals surface area contributed by atoms with Crippen molar-refractivity contribution >= 4 is 43.7 Å². The number of fused-ring (bicyclic) bond motifs is 6. The Hall–Kier alpha value is -7.49. The molecule has 3 aromatic heterocycles. The molecule has 0 aliphatic carbocycles. The van der Waals surface area contributed by atoms with Crippen molar-refractivity contribution in [3.63, 3.8) is 0 Å². The summed E-state index contributed by atoms with van der Waals surface area (Å²) in [6.45, 7) is 0. The van der Waals surface area contributed by atoms with Gasteiger partial charge in [-0.2, -0.15) is 0 Å². The van der Waals surface area contributed by atoms with Crippen LogP contribution in [0.4, 0.5) is 0 Å². The zero-order chi connectivity index (χ0) is 37.0. The number of hydrogen-bond donors (Lipinski definition) is 0. The van der Waals surface area contributed by atoms with Crippen LogP contribution in [-0.4, -0.2) is 9.55 Å². The van der Waals surface area contributed by atoms with Crippen molar-refractivity contribution in [2.24, 2.45) is 0 Å². The minimum Gasteiger partial charge on any atom is -0.455 e. The lowest BCUT2D eigenvalue weighted by molar-refractivity contribution is 0.670. The van der Waals surface area contributed by atoms with Crippen molar-refractivity contribution in [1.29, 1.82) is 0 Å². The second-order valence-corrected chi connectivity index (χ2v) is 14.3. The Kier molecular flexibility index (Phi) is 7.49. The van der Waals surface area contributed by atoms with E-state index in [1.807, 2.05) is 18.2 Å². The van der Waals surface area contributed by atoms with Crippen molar-refractivity contribution in [3.05, 3.63) is 206 Å². The first-order chi connectivity index (χ1) is 27.8. The number of pyridine rings is 1. The molecule has 0 unspecified atom stereocenters. The van der Waals surface area contributed by atoms with E-state index in [1.54, 1.807) is 0 Å². The van der Waals surface area contributed by atoms with Crippen molar-refractivity contribution in [2.75, 3.05) is 0 Å². The van der Waals surface area contributed by atoms with Gasteiger partial charge in [0.1, 0.15) is 17.0 Å². The molecule has 3 heteroatoms. The summed E-state index contributed by atoms with van der Waals surface area (Å²) in [6, 6.07) is 73.2. The quantitative estimate of drug-likeness (QED) is 0.172. The van der Waals surface area contributed by atoms with Gasteiger partial charge in [0.15, 0.2) is 0 Å². The molecule has 11 rings (SSSR count). The predicted molar refractivity (Wildman–Crippen MR) is 233 cm³/mol. The lowest BCUT2D eigenvalue weighted by Crippen LogP contribution is -2.00. The van der Waals surface area contributed by atoms with Gasteiger partial charge in [0.2, 0.25) is 0 Å². The van der Waals surface area contributed by atoms with Crippen LogP contribution in [0, 0.1) is 0 Å². The molecule has 0 aliphatic rings. The Bertz CT molecular complexity index is 3190. The third kappa shape index (κ3) is 5.25. The van der Waals surface area contributed by atoms with Crippen molar-refractivity contribution in [3.8, 4) is 61.6 Å². The van der Waals surface area contributed by atoms with Crippen molar-refractivity contribution in [1.82, 2.24) is 9.55 Å². The van der Waals surface area contributed by atoms with E-state index < -0.39 is 0 Å². The Morgan fingerprint density at radius 1 is 0.339 bits per heavy atom.